The standard InChI is InChI=1S/C22H20N5.C12H8N.Pt/c1-3-18-16(2)22(26-25-18)19-12-9-14-21(24-19)27(17-10-5-4-6-11-17)20-13-7-8-15-23-20;1-3-7-11-9(5-1)10-6-2-4-8-12(10)13-11;/h4-15H,3H2,1-2H3;1-8H;/q2*-1;+2. The first-order chi connectivity index (χ1) is 19.7. The van der Waals surface area contributed by atoms with Crippen molar-refractivity contribution in [3.8, 4) is 11.4 Å². The zero-order chi connectivity index (χ0) is 27.3. The fourth-order valence-corrected chi connectivity index (χ4v) is 4.83. The quantitative estimate of drug-likeness (QED) is 0.181. The number of hydrogen-bond donors (Lipinski definition) is 0. The molecule has 0 radical (unpaired) electrons. The van der Waals surface area contributed by atoms with E-state index in [-0.39, 0.29) is 21.1 Å². The Hall–Kier alpha value is -4.54. The van der Waals surface area contributed by atoms with Gasteiger partial charge in [-0.25, -0.2) is 9.97 Å². The molecule has 0 amide bonds. The third-order valence-corrected chi connectivity index (χ3v) is 6.83. The second-order valence-corrected chi connectivity index (χ2v) is 9.36. The van der Waals surface area contributed by atoms with Crippen molar-refractivity contribution in [2.24, 2.45) is 0 Å². The van der Waals surface area contributed by atoms with Crippen LogP contribution < -0.4 is 15.0 Å². The van der Waals surface area contributed by atoms with Gasteiger partial charge in [0.25, 0.3) is 0 Å². The van der Waals surface area contributed by atoms with Gasteiger partial charge >= 0.3 is 21.1 Å². The van der Waals surface area contributed by atoms with Crippen LogP contribution in [0, 0.1) is 6.92 Å². The van der Waals surface area contributed by atoms with E-state index >= 15 is 0 Å². The maximum absolute atomic E-state index is 4.89. The molecular formula is C34H28N6Pt. The molecule has 4 aromatic heterocycles. The maximum Gasteiger partial charge on any atom is 2.00 e. The number of pyridine rings is 2. The van der Waals surface area contributed by atoms with Gasteiger partial charge in [-0.3, -0.25) is 4.90 Å². The summed E-state index contributed by atoms with van der Waals surface area (Å²) in [4.78, 5) is 16.0. The molecule has 7 heteroatoms. The van der Waals surface area contributed by atoms with E-state index in [9.17, 15) is 0 Å². The van der Waals surface area contributed by atoms with E-state index in [2.05, 4.69) is 70.4 Å². The monoisotopic (exact) mass is 715 g/mol. The van der Waals surface area contributed by atoms with Crippen molar-refractivity contribution in [1.82, 2.24) is 25.1 Å². The van der Waals surface area contributed by atoms with E-state index < -0.39 is 0 Å². The summed E-state index contributed by atoms with van der Waals surface area (Å²) in [6, 6.07) is 38.4. The Morgan fingerprint density at radius 2 is 1.32 bits per heavy atom. The van der Waals surface area contributed by atoms with E-state index in [1.807, 2.05) is 83.8 Å². The second-order valence-electron chi connectivity index (χ2n) is 9.36. The topological polar surface area (TPSA) is 70.1 Å². The number of hydrogen-bond acceptors (Lipinski definition) is 4. The third-order valence-electron chi connectivity index (χ3n) is 6.83. The van der Waals surface area contributed by atoms with Crippen LogP contribution in [0.3, 0.4) is 0 Å². The average molecular weight is 716 g/mol. The van der Waals surface area contributed by atoms with Crippen LogP contribution in [-0.2, 0) is 27.5 Å². The summed E-state index contributed by atoms with van der Waals surface area (Å²) in [6.45, 7) is 4.14. The summed E-state index contributed by atoms with van der Waals surface area (Å²) in [6.07, 6.45) is 2.65. The van der Waals surface area contributed by atoms with Gasteiger partial charge in [-0.05, 0) is 66.1 Å². The number of nitrogens with zero attached hydrogens (tertiary/aromatic N) is 6. The molecule has 0 spiro atoms. The third kappa shape index (κ3) is 5.84. The largest absolute Gasteiger partial charge is 2.00 e. The number of para-hydroxylation sites is 3. The molecule has 0 N–H and O–H groups in total. The first-order valence-corrected chi connectivity index (χ1v) is 13.4. The Bertz CT molecular complexity index is 1770. The minimum Gasteiger partial charge on any atom is -0.657 e. The zero-order valence-corrected chi connectivity index (χ0v) is 25.0. The maximum atomic E-state index is 4.89. The molecule has 0 saturated heterocycles. The molecule has 204 valence electrons. The van der Waals surface area contributed by atoms with E-state index in [4.69, 9.17) is 4.98 Å². The Morgan fingerprint density at radius 1 is 0.683 bits per heavy atom. The van der Waals surface area contributed by atoms with Gasteiger partial charge in [-0.15, -0.1) is 11.0 Å². The second kappa shape index (κ2) is 12.8. The molecule has 0 aliphatic heterocycles. The minimum absolute atomic E-state index is 0. The summed E-state index contributed by atoms with van der Waals surface area (Å²) in [5.41, 5.74) is 6.93. The van der Waals surface area contributed by atoms with Crippen molar-refractivity contribution in [1.29, 1.82) is 0 Å². The Morgan fingerprint density at radius 3 is 1.95 bits per heavy atom. The van der Waals surface area contributed by atoms with Crippen LogP contribution in [0.4, 0.5) is 17.3 Å². The van der Waals surface area contributed by atoms with Crippen LogP contribution >= 0.6 is 0 Å². The first kappa shape index (κ1) is 28.0. The van der Waals surface area contributed by atoms with Crippen LogP contribution in [0.15, 0.2) is 121 Å². The molecule has 7 rings (SSSR count). The normalized spacial score (nSPS) is 10.6. The Labute approximate surface area is 253 Å². The van der Waals surface area contributed by atoms with Crippen LogP contribution in [-0.4, -0.2) is 15.1 Å². The van der Waals surface area contributed by atoms with Crippen molar-refractivity contribution in [3.63, 3.8) is 0 Å². The molecule has 6 nitrogen and oxygen atoms in total. The fraction of sp³-hybridized carbons (Fsp3) is 0.0882. The Balaban J connectivity index is 0.000000201. The van der Waals surface area contributed by atoms with Crippen LogP contribution in [0.1, 0.15) is 18.2 Å². The van der Waals surface area contributed by atoms with Crippen LogP contribution in [0.5, 0.6) is 0 Å². The fourth-order valence-electron chi connectivity index (χ4n) is 4.83. The molecule has 0 unspecified atom stereocenters. The van der Waals surface area contributed by atoms with E-state index in [0.717, 1.165) is 57.4 Å². The van der Waals surface area contributed by atoms with Gasteiger partial charge in [0.15, 0.2) is 0 Å². The van der Waals surface area contributed by atoms with Gasteiger partial charge in [0.2, 0.25) is 0 Å². The zero-order valence-electron chi connectivity index (χ0n) is 22.8. The first-order valence-electron chi connectivity index (χ1n) is 13.4. The van der Waals surface area contributed by atoms with Crippen LogP contribution in [0.25, 0.3) is 33.2 Å². The smallest absolute Gasteiger partial charge is 0.657 e. The number of benzene rings is 3. The van der Waals surface area contributed by atoms with Gasteiger partial charge in [0.05, 0.1) is 5.69 Å². The molecule has 7 aromatic rings. The van der Waals surface area contributed by atoms with E-state index in [0.29, 0.717) is 0 Å². The minimum atomic E-state index is 0. The van der Waals surface area contributed by atoms with Gasteiger partial charge in [-0.1, -0.05) is 91.5 Å². The van der Waals surface area contributed by atoms with Gasteiger partial charge < -0.3 is 15.2 Å². The van der Waals surface area contributed by atoms with Gasteiger partial charge in [-0.2, -0.15) is 0 Å². The van der Waals surface area contributed by atoms with E-state index in [1.165, 1.54) is 10.8 Å². The summed E-state index contributed by atoms with van der Waals surface area (Å²) in [5.74, 6) is 1.60. The molecule has 3 aromatic carbocycles. The molecule has 0 bridgehead atoms. The van der Waals surface area contributed by atoms with Crippen molar-refractivity contribution in [2.75, 3.05) is 4.90 Å². The number of rotatable bonds is 5. The summed E-state index contributed by atoms with van der Waals surface area (Å²) >= 11 is 0. The molecule has 0 saturated carbocycles. The van der Waals surface area contributed by atoms with Crippen molar-refractivity contribution in [3.05, 3.63) is 133 Å². The molecular weight excluding hydrogens is 687 g/mol. The molecule has 0 aliphatic carbocycles. The molecule has 0 aliphatic rings. The summed E-state index contributed by atoms with van der Waals surface area (Å²) in [7, 11) is 0. The summed E-state index contributed by atoms with van der Waals surface area (Å²) in [5, 5.41) is 11.1. The Kier molecular flexibility index (Phi) is 8.71. The number of aromatic nitrogens is 5. The molecule has 0 fully saturated rings. The molecule has 4 heterocycles. The van der Waals surface area contributed by atoms with Crippen molar-refractivity contribution < 1.29 is 21.1 Å². The summed E-state index contributed by atoms with van der Waals surface area (Å²) < 4.78 is 0. The molecule has 0 atom stereocenters. The van der Waals surface area contributed by atoms with Crippen molar-refractivity contribution >= 4 is 39.1 Å². The van der Waals surface area contributed by atoms with Gasteiger partial charge in [0, 0.05) is 17.6 Å². The van der Waals surface area contributed by atoms with Crippen LogP contribution in [0.2, 0.25) is 0 Å². The number of fused-ring (bicyclic) bond motifs is 3. The predicted molar refractivity (Wildman–Crippen MR) is 162 cm³/mol. The van der Waals surface area contributed by atoms with Crippen molar-refractivity contribution in [2.45, 2.75) is 20.3 Å². The SMILES string of the molecule is CCc1n[n-]c(-c2cccc(N(c3ccccc3)c3ccccn3)n2)c1C.[Pt+2].c1ccc2c(c1)[n-]c1ccccc12. The number of aryl methyl sites for hydroxylation is 1. The molecule has 41 heavy (non-hydrogen) atoms. The van der Waals surface area contributed by atoms with Gasteiger partial charge in [0.1, 0.15) is 11.6 Å². The average Bonchev–Trinajstić information content (AvgIpc) is 3.59. The number of anilines is 3. The van der Waals surface area contributed by atoms with E-state index in [1.54, 1.807) is 6.20 Å². The predicted octanol–water partition coefficient (Wildman–Crippen LogP) is 7.78.